The van der Waals surface area contributed by atoms with Gasteiger partial charge in [0.15, 0.2) is 0 Å². The summed E-state index contributed by atoms with van der Waals surface area (Å²) in [4.78, 5) is 3.99. The lowest BCUT2D eigenvalue weighted by Gasteiger charge is -2.17. The molecule has 2 aromatic rings. The minimum absolute atomic E-state index is 0.193. The van der Waals surface area contributed by atoms with E-state index in [0.29, 0.717) is 0 Å². The van der Waals surface area contributed by atoms with Crippen LogP contribution in [0, 0.1) is 5.82 Å². The molecule has 1 atom stereocenters. The summed E-state index contributed by atoms with van der Waals surface area (Å²) in [5.41, 5.74) is 3.01. The van der Waals surface area contributed by atoms with Crippen molar-refractivity contribution in [2.45, 2.75) is 19.9 Å². The molecule has 0 saturated heterocycles. The van der Waals surface area contributed by atoms with Crippen molar-refractivity contribution in [2.24, 2.45) is 0 Å². The second-order valence-electron chi connectivity index (χ2n) is 4.25. The van der Waals surface area contributed by atoms with E-state index in [0.717, 1.165) is 23.2 Å². The summed E-state index contributed by atoms with van der Waals surface area (Å²) in [5, 5.41) is 3.35. The number of halogens is 1. The summed E-state index contributed by atoms with van der Waals surface area (Å²) in [7, 11) is 0. The van der Waals surface area contributed by atoms with Crippen molar-refractivity contribution in [3.63, 3.8) is 0 Å². The zero-order valence-corrected chi connectivity index (χ0v) is 10.7. The molecular weight excluding hydrogens is 227 g/mol. The van der Waals surface area contributed by atoms with Gasteiger partial charge in [0.05, 0.1) is 0 Å². The van der Waals surface area contributed by atoms with Gasteiger partial charge >= 0.3 is 0 Å². The average molecular weight is 244 g/mol. The van der Waals surface area contributed by atoms with Crippen LogP contribution in [-0.4, -0.2) is 11.5 Å². The molecule has 1 N–H and O–H groups in total. The van der Waals surface area contributed by atoms with E-state index in [4.69, 9.17) is 0 Å². The predicted octanol–water partition coefficient (Wildman–Crippen LogP) is 3.56. The van der Waals surface area contributed by atoms with Crippen LogP contribution in [0.4, 0.5) is 4.39 Å². The molecule has 1 heterocycles. The Morgan fingerprint density at radius 2 is 1.94 bits per heavy atom. The highest BCUT2D eigenvalue weighted by atomic mass is 19.1. The lowest BCUT2D eigenvalue weighted by Crippen LogP contribution is -2.18. The molecule has 3 heteroatoms. The van der Waals surface area contributed by atoms with Crippen LogP contribution in [0.25, 0.3) is 11.1 Å². The maximum Gasteiger partial charge on any atom is 0.123 e. The van der Waals surface area contributed by atoms with Crippen molar-refractivity contribution in [3.05, 3.63) is 54.1 Å². The molecule has 1 aromatic heterocycles. The maximum atomic E-state index is 13.4. The Hall–Kier alpha value is -1.74. The van der Waals surface area contributed by atoms with Crippen molar-refractivity contribution in [3.8, 4) is 11.1 Å². The normalized spacial score (nSPS) is 12.4. The molecule has 1 unspecified atom stereocenters. The molecule has 18 heavy (non-hydrogen) atoms. The Morgan fingerprint density at radius 1 is 1.22 bits per heavy atom. The summed E-state index contributed by atoms with van der Waals surface area (Å²) < 4.78 is 13.4. The number of hydrogen-bond donors (Lipinski definition) is 1. The molecule has 0 aliphatic heterocycles. The van der Waals surface area contributed by atoms with Crippen LogP contribution in [-0.2, 0) is 0 Å². The van der Waals surface area contributed by atoms with Gasteiger partial charge in [-0.1, -0.05) is 13.0 Å². The van der Waals surface area contributed by atoms with Gasteiger partial charge in [0.1, 0.15) is 5.82 Å². The first-order valence-corrected chi connectivity index (χ1v) is 6.15. The number of nitrogens with one attached hydrogen (secondary N) is 1. The largest absolute Gasteiger partial charge is 0.310 e. The highest BCUT2D eigenvalue weighted by Crippen LogP contribution is 2.28. The van der Waals surface area contributed by atoms with E-state index in [1.165, 1.54) is 6.07 Å². The van der Waals surface area contributed by atoms with Gasteiger partial charge in [-0.2, -0.15) is 0 Å². The fraction of sp³-hybridized carbons (Fsp3) is 0.267. The average Bonchev–Trinajstić information content (AvgIpc) is 2.40. The quantitative estimate of drug-likeness (QED) is 0.889. The van der Waals surface area contributed by atoms with E-state index in [9.17, 15) is 4.39 Å². The fourth-order valence-corrected chi connectivity index (χ4v) is 2.10. The molecule has 0 saturated carbocycles. The second kappa shape index (κ2) is 5.74. The monoisotopic (exact) mass is 244 g/mol. The van der Waals surface area contributed by atoms with Gasteiger partial charge in [-0.25, -0.2) is 4.39 Å². The van der Waals surface area contributed by atoms with E-state index in [-0.39, 0.29) is 11.9 Å². The van der Waals surface area contributed by atoms with E-state index in [1.807, 2.05) is 18.2 Å². The van der Waals surface area contributed by atoms with Crippen LogP contribution in [0.15, 0.2) is 42.7 Å². The zero-order chi connectivity index (χ0) is 13.0. The first-order valence-electron chi connectivity index (χ1n) is 6.15. The topological polar surface area (TPSA) is 24.9 Å². The number of pyridine rings is 1. The smallest absolute Gasteiger partial charge is 0.123 e. The van der Waals surface area contributed by atoms with Crippen LogP contribution >= 0.6 is 0 Å². The third-order valence-electron chi connectivity index (χ3n) is 2.98. The van der Waals surface area contributed by atoms with Crippen LogP contribution < -0.4 is 5.32 Å². The summed E-state index contributed by atoms with van der Waals surface area (Å²) in [6.07, 6.45) is 3.45. The van der Waals surface area contributed by atoms with Crippen molar-refractivity contribution in [2.75, 3.05) is 6.54 Å². The van der Waals surface area contributed by atoms with E-state index < -0.39 is 0 Å². The zero-order valence-electron chi connectivity index (χ0n) is 10.7. The van der Waals surface area contributed by atoms with Crippen LogP contribution in [0.5, 0.6) is 0 Å². The lowest BCUT2D eigenvalue weighted by atomic mass is 9.96. The Morgan fingerprint density at radius 3 is 2.61 bits per heavy atom. The Labute approximate surface area is 107 Å². The molecular formula is C15H17FN2. The summed E-state index contributed by atoms with van der Waals surface area (Å²) >= 11 is 0. The standard InChI is InChI=1S/C15H17FN2/c1-3-18-11(2)14-5-4-13(16)10-15(14)12-6-8-17-9-7-12/h4-11,18H,3H2,1-2H3. The Balaban J connectivity index is 2.48. The highest BCUT2D eigenvalue weighted by Gasteiger charge is 2.12. The molecule has 0 radical (unpaired) electrons. The first kappa shape index (κ1) is 12.7. The molecule has 0 amide bonds. The van der Waals surface area contributed by atoms with Gasteiger partial charge in [0.2, 0.25) is 0 Å². The number of rotatable bonds is 4. The number of nitrogens with zero attached hydrogens (tertiary/aromatic N) is 1. The molecule has 0 bridgehead atoms. The molecule has 2 rings (SSSR count). The minimum atomic E-state index is -0.214. The van der Waals surface area contributed by atoms with Gasteiger partial charge in [0.25, 0.3) is 0 Å². The molecule has 2 nitrogen and oxygen atoms in total. The summed E-state index contributed by atoms with van der Waals surface area (Å²) in [6, 6.07) is 8.93. The molecule has 0 aliphatic carbocycles. The number of aromatic nitrogens is 1. The van der Waals surface area contributed by atoms with E-state index >= 15 is 0 Å². The third kappa shape index (κ3) is 2.74. The highest BCUT2D eigenvalue weighted by molar-refractivity contribution is 5.67. The van der Waals surface area contributed by atoms with Crippen LogP contribution in [0.1, 0.15) is 25.5 Å². The van der Waals surface area contributed by atoms with Gasteiger partial charge in [-0.05, 0) is 54.4 Å². The minimum Gasteiger partial charge on any atom is -0.310 e. The molecule has 0 aliphatic rings. The van der Waals surface area contributed by atoms with Crippen molar-refractivity contribution in [1.29, 1.82) is 0 Å². The fourth-order valence-electron chi connectivity index (χ4n) is 2.10. The van der Waals surface area contributed by atoms with Gasteiger partial charge in [-0.3, -0.25) is 4.98 Å². The van der Waals surface area contributed by atoms with E-state index in [2.05, 4.69) is 24.1 Å². The molecule has 0 fully saturated rings. The molecule has 1 aromatic carbocycles. The second-order valence-corrected chi connectivity index (χ2v) is 4.25. The Bertz CT molecular complexity index is 511. The maximum absolute atomic E-state index is 13.4. The van der Waals surface area contributed by atoms with Crippen molar-refractivity contribution < 1.29 is 4.39 Å². The van der Waals surface area contributed by atoms with Gasteiger partial charge in [-0.15, -0.1) is 0 Å². The Kier molecular flexibility index (Phi) is 4.05. The molecule has 94 valence electrons. The van der Waals surface area contributed by atoms with Gasteiger partial charge in [0, 0.05) is 18.4 Å². The van der Waals surface area contributed by atoms with Crippen LogP contribution in [0.2, 0.25) is 0 Å². The third-order valence-corrected chi connectivity index (χ3v) is 2.98. The summed E-state index contributed by atoms with van der Waals surface area (Å²) in [5.74, 6) is -0.214. The van der Waals surface area contributed by atoms with Crippen LogP contribution in [0.3, 0.4) is 0 Å². The van der Waals surface area contributed by atoms with E-state index in [1.54, 1.807) is 18.5 Å². The summed E-state index contributed by atoms with van der Waals surface area (Å²) in [6.45, 7) is 5.03. The van der Waals surface area contributed by atoms with Crippen molar-refractivity contribution in [1.82, 2.24) is 10.3 Å². The lowest BCUT2D eigenvalue weighted by molar-refractivity contribution is 0.593. The van der Waals surface area contributed by atoms with Crippen molar-refractivity contribution >= 4 is 0 Å². The number of hydrogen-bond acceptors (Lipinski definition) is 2. The number of benzene rings is 1. The first-order chi connectivity index (χ1) is 8.72. The van der Waals surface area contributed by atoms with Gasteiger partial charge < -0.3 is 5.32 Å². The predicted molar refractivity (Wildman–Crippen MR) is 71.7 cm³/mol. The molecule has 0 spiro atoms. The SMILES string of the molecule is CCNC(C)c1ccc(F)cc1-c1ccncc1.